The van der Waals surface area contributed by atoms with Crippen LogP contribution in [-0.2, 0) is 13.0 Å². The number of nitrogens with zero attached hydrogens (tertiary/aromatic N) is 1. The molecule has 0 spiro atoms. The van der Waals surface area contributed by atoms with E-state index in [0.29, 0.717) is 5.75 Å². The lowest BCUT2D eigenvalue weighted by Gasteiger charge is -2.15. The number of nitrogens with one attached hydrogen (secondary N) is 2. The molecule has 2 heterocycles. The fourth-order valence-corrected chi connectivity index (χ4v) is 3.39. The monoisotopic (exact) mass is 311 g/mol. The van der Waals surface area contributed by atoms with Crippen LogP contribution in [0.5, 0.6) is 5.75 Å². The number of aromatic amines is 1. The Morgan fingerprint density at radius 1 is 1.43 bits per heavy atom. The van der Waals surface area contributed by atoms with Crippen LogP contribution in [0.3, 0.4) is 0 Å². The van der Waals surface area contributed by atoms with Gasteiger partial charge in [0.2, 0.25) is 0 Å². The third-order valence-corrected chi connectivity index (χ3v) is 4.60. The van der Waals surface area contributed by atoms with Gasteiger partial charge in [-0.3, -0.25) is 4.98 Å². The predicted molar refractivity (Wildman–Crippen MR) is 86.9 cm³/mol. The smallest absolute Gasteiger partial charge is 0.165 e. The Hall–Kier alpha value is -2.40. The molecule has 1 aliphatic rings. The second kappa shape index (κ2) is 5.66. The molecule has 5 heteroatoms. The van der Waals surface area contributed by atoms with E-state index in [1.807, 2.05) is 24.5 Å². The minimum absolute atomic E-state index is 0.228. The summed E-state index contributed by atoms with van der Waals surface area (Å²) in [5.74, 6) is 0.0339. The molecule has 0 saturated heterocycles. The minimum Gasteiger partial charge on any atom is -0.494 e. The van der Waals surface area contributed by atoms with Gasteiger partial charge >= 0.3 is 0 Å². The Morgan fingerprint density at radius 3 is 3.22 bits per heavy atom. The van der Waals surface area contributed by atoms with Gasteiger partial charge in [0.25, 0.3) is 0 Å². The normalized spacial score (nSPS) is 16.7. The number of aryl methyl sites for hydroxylation is 1. The maximum Gasteiger partial charge on any atom is 0.165 e. The van der Waals surface area contributed by atoms with Gasteiger partial charge in [-0.2, -0.15) is 0 Å². The van der Waals surface area contributed by atoms with E-state index in [0.717, 1.165) is 36.0 Å². The number of pyridine rings is 1. The van der Waals surface area contributed by atoms with E-state index in [4.69, 9.17) is 4.74 Å². The fourth-order valence-electron chi connectivity index (χ4n) is 3.39. The van der Waals surface area contributed by atoms with Crippen LogP contribution in [0.2, 0.25) is 0 Å². The highest BCUT2D eigenvalue weighted by Gasteiger charge is 2.24. The summed E-state index contributed by atoms with van der Waals surface area (Å²) in [5.41, 5.74) is 4.47. The maximum atomic E-state index is 13.8. The van der Waals surface area contributed by atoms with Crippen LogP contribution in [0.1, 0.15) is 29.2 Å². The number of rotatable bonds is 4. The van der Waals surface area contributed by atoms with Gasteiger partial charge in [-0.15, -0.1) is 0 Å². The van der Waals surface area contributed by atoms with E-state index in [1.165, 1.54) is 18.1 Å². The third-order valence-electron chi connectivity index (χ3n) is 4.60. The highest BCUT2D eigenvalue weighted by atomic mass is 19.1. The molecule has 1 aliphatic carbocycles. The first-order valence-electron chi connectivity index (χ1n) is 7.76. The van der Waals surface area contributed by atoms with E-state index in [9.17, 15) is 4.39 Å². The zero-order valence-corrected chi connectivity index (χ0v) is 12.9. The van der Waals surface area contributed by atoms with Crippen molar-refractivity contribution in [3.63, 3.8) is 0 Å². The van der Waals surface area contributed by atoms with Gasteiger partial charge in [0, 0.05) is 30.4 Å². The molecular weight excluding hydrogens is 293 g/mol. The number of fused-ring (bicyclic) bond motifs is 2. The van der Waals surface area contributed by atoms with Gasteiger partial charge in [-0.1, -0.05) is 0 Å². The lowest BCUT2D eigenvalue weighted by Crippen LogP contribution is -2.18. The van der Waals surface area contributed by atoms with Crippen molar-refractivity contribution in [1.29, 1.82) is 0 Å². The zero-order chi connectivity index (χ0) is 15.8. The van der Waals surface area contributed by atoms with Crippen LogP contribution in [0, 0.1) is 5.82 Å². The van der Waals surface area contributed by atoms with Gasteiger partial charge in [-0.25, -0.2) is 4.39 Å². The van der Waals surface area contributed by atoms with Crippen molar-refractivity contribution in [2.24, 2.45) is 0 Å². The van der Waals surface area contributed by atoms with Crippen molar-refractivity contribution >= 4 is 10.9 Å². The molecule has 1 aromatic carbocycles. The molecule has 0 fully saturated rings. The molecule has 0 radical (unpaired) electrons. The van der Waals surface area contributed by atoms with Crippen molar-refractivity contribution in [3.8, 4) is 5.75 Å². The minimum atomic E-state index is -0.281. The summed E-state index contributed by atoms with van der Waals surface area (Å²) in [5, 5.41) is 4.77. The lowest BCUT2D eigenvalue weighted by atomic mass is 10.1. The lowest BCUT2D eigenvalue weighted by molar-refractivity contribution is 0.385. The number of hydrogen-bond acceptors (Lipinski definition) is 3. The Kier molecular flexibility index (Phi) is 3.50. The topological polar surface area (TPSA) is 49.9 Å². The van der Waals surface area contributed by atoms with Gasteiger partial charge in [0.05, 0.1) is 18.8 Å². The van der Waals surface area contributed by atoms with E-state index in [2.05, 4.69) is 15.3 Å². The Labute approximate surface area is 133 Å². The van der Waals surface area contributed by atoms with Crippen molar-refractivity contribution in [1.82, 2.24) is 15.3 Å². The highest BCUT2D eigenvalue weighted by molar-refractivity contribution is 5.82. The summed E-state index contributed by atoms with van der Waals surface area (Å²) >= 11 is 0. The molecule has 23 heavy (non-hydrogen) atoms. The maximum absolute atomic E-state index is 13.8. The average Bonchev–Trinajstić information content (AvgIpc) is 3.15. The first-order chi connectivity index (χ1) is 11.3. The van der Waals surface area contributed by atoms with E-state index >= 15 is 0 Å². The number of halogens is 1. The number of aromatic nitrogens is 2. The first-order valence-corrected chi connectivity index (χ1v) is 7.76. The molecule has 0 bridgehead atoms. The van der Waals surface area contributed by atoms with E-state index in [1.54, 1.807) is 12.3 Å². The fraction of sp³-hybridized carbons (Fsp3) is 0.278. The second-order valence-electron chi connectivity index (χ2n) is 5.89. The van der Waals surface area contributed by atoms with Crippen molar-refractivity contribution in [3.05, 3.63) is 59.3 Å². The zero-order valence-electron chi connectivity index (χ0n) is 12.9. The number of hydrogen-bond donors (Lipinski definition) is 2. The Balaban J connectivity index is 1.55. The van der Waals surface area contributed by atoms with Crippen molar-refractivity contribution < 1.29 is 9.13 Å². The highest BCUT2D eigenvalue weighted by Crippen LogP contribution is 2.35. The quantitative estimate of drug-likeness (QED) is 0.775. The van der Waals surface area contributed by atoms with Gasteiger partial charge in [-0.05, 0) is 47.7 Å². The Morgan fingerprint density at radius 2 is 2.35 bits per heavy atom. The number of methoxy groups -OCH3 is 1. The van der Waals surface area contributed by atoms with Crippen LogP contribution in [0.15, 0.2) is 36.8 Å². The van der Waals surface area contributed by atoms with Crippen LogP contribution in [-0.4, -0.2) is 17.1 Å². The average molecular weight is 311 g/mol. The standard InChI is InChI=1S/C18H18FN3O/c1-23-18-7-14-11(6-15(18)19)2-3-16(14)21-8-12-9-22-17-10-20-5-4-13(12)17/h4-7,9-10,16,21-22H,2-3,8H2,1H3. The molecule has 1 unspecified atom stereocenters. The molecule has 0 aliphatic heterocycles. The third kappa shape index (κ3) is 2.47. The molecule has 2 N–H and O–H groups in total. The van der Waals surface area contributed by atoms with Crippen LogP contribution < -0.4 is 10.1 Å². The summed E-state index contributed by atoms with van der Waals surface area (Å²) in [6.45, 7) is 0.758. The Bertz CT molecular complexity index is 859. The molecule has 4 rings (SSSR count). The molecule has 3 aromatic rings. The SMILES string of the molecule is COc1cc2c(cc1F)CCC2NCc1c[nH]c2cnccc12. The molecular formula is C18H18FN3O. The second-order valence-corrected chi connectivity index (χ2v) is 5.89. The van der Waals surface area contributed by atoms with E-state index in [-0.39, 0.29) is 11.9 Å². The van der Waals surface area contributed by atoms with Gasteiger partial charge < -0.3 is 15.0 Å². The summed E-state index contributed by atoms with van der Waals surface area (Å²) in [4.78, 5) is 7.36. The van der Waals surface area contributed by atoms with Crippen molar-refractivity contribution in [2.75, 3.05) is 7.11 Å². The summed E-state index contributed by atoms with van der Waals surface area (Å²) < 4.78 is 18.9. The number of benzene rings is 1. The summed E-state index contributed by atoms with van der Waals surface area (Å²) in [7, 11) is 1.50. The van der Waals surface area contributed by atoms with Crippen LogP contribution in [0.25, 0.3) is 10.9 Å². The summed E-state index contributed by atoms with van der Waals surface area (Å²) in [6, 6.07) is 5.68. The summed E-state index contributed by atoms with van der Waals surface area (Å²) in [6.07, 6.45) is 7.52. The van der Waals surface area contributed by atoms with Crippen LogP contribution in [0.4, 0.5) is 4.39 Å². The molecule has 118 valence electrons. The molecule has 4 nitrogen and oxygen atoms in total. The predicted octanol–water partition coefficient (Wildman–Crippen LogP) is 3.49. The first kappa shape index (κ1) is 14.2. The number of ether oxygens (including phenoxy) is 1. The number of H-pyrrole nitrogens is 1. The molecule has 2 aromatic heterocycles. The van der Waals surface area contributed by atoms with Crippen LogP contribution >= 0.6 is 0 Å². The van der Waals surface area contributed by atoms with Gasteiger partial charge in [0.15, 0.2) is 11.6 Å². The molecule has 0 amide bonds. The molecule has 1 atom stereocenters. The van der Waals surface area contributed by atoms with Crippen molar-refractivity contribution in [2.45, 2.75) is 25.4 Å². The molecule has 0 saturated carbocycles. The van der Waals surface area contributed by atoms with Gasteiger partial charge in [0.1, 0.15) is 0 Å². The largest absolute Gasteiger partial charge is 0.494 e. The van der Waals surface area contributed by atoms with E-state index < -0.39 is 0 Å².